The van der Waals surface area contributed by atoms with Crippen molar-refractivity contribution < 1.29 is 24.5 Å². The SMILES string of the molecule is CC[C@]1(C(=O)O)O[C@]1(CC)C(=O)O. The zero-order chi connectivity index (χ0) is 10.3. The van der Waals surface area contributed by atoms with Crippen molar-refractivity contribution in [1.29, 1.82) is 0 Å². The third-order valence-corrected chi connectivity index (χ3v) is 2.65. The van der Waals surface area contributed by atoms with E-state index < -0.39 is 23.1 Å². The monoisotopic (exact) mass is 188 g/mol. The Morgan fingerprint density at radius 3 is 1.46 bits per heavy atom. The highest BCUT2D eigenvalue weighted by Crippen LogP contribution is 2.53. The summed E-state index contributed by atoms with van der Waals surface area (Å²) in [5.41, 5.74) is -3.01. The van der Waals surface area contributed by atoms with Gasteiger partial charge in [-0.2, -0.15) is 0 Å². The maximum Gasteiger partial charge on any atom is 0.339 e. The summed E-state index contributed by atoms with van der Waals surface area (Å²) in [7, 11) is 0. The number of hydrogen-bond donors (Lipinski definition) is 2. The Morgan fingerprint density at radius 2 is 1.38 bits per heavy atom. The molecule has 0 amide bonds. The van der Waals surface area contributed by atoms with E-state index >= 15 is 0 Å². The first-order chi connectivity index (χ1) is 5.97. The number of carboxylic acid groups (broad SMARTS) is 2. The molecule has 1 fully saturated rings. The van der Waals surface area contributed by atoms with Crippen LogP contribution in [0.5, 0.6) is 0 Å². The largest absolute Gasteiger partial charge is 0.479 e. The summed E-state index contributed by atoms with van der Waals surface area (Å²) in [4.78, 5) is 21.6. The van der Waals surface area contributed by atoms with E-state index in [2.05, 4.69) is 0 Å². The van der Waals surface area contributed by atoms with E-state index in [1.807, 2.05) is 0 Å². The van der Waals surface area contributed by atoms with Crippen molar-refractivity contribution in [3.05, 3.63) is 0 Å². The van der Waals surface area contributed by atoms with Crippen LogP contribution in [0, 0.1) is 0 Å². The third-order valence-electron chi connectivity index (χ3n) is 2.65. The molecule has 2 N–H and O–H groups in total. The highest BCUT2D eigenvalue weighted by Gasteiger charge is 2.78. The summed E-state index contributed by atoms with van der Waals surface area (Å²) in [5.74, 6) is -2.39. The lowest BCUT2D eigenvalue weighted by Gasteiger charge is -2.08. The lowest BCUT2D eigenvalue weighted by Crippen LogP contribution is -2.38. The van der Waals surface area contributed by atoms with Crippen LogP contribution in [0.25, 0.3) is 0 Å². The summed E-state index contributed by atoms with van der Waals surface area (Å²) < 4.78 is 4.91. The number of rotatable bonds is 4. The van der Waals surface area contributed by atoms with Gasteiger partial charge in [-0.1, -0.05) is 13.8 Å². The predicted octanol–water partition coefficient (Wildman–Crippen LogP) is 0.483. The van der Waals surface area contributed by atoms with Crippen LogP contribution in [0.15, 0.2) is 0 Å². The van der Waals surface area contributed by atoms with Crippen LogP contribution >= 0.6 is 0 Å². The van der Waals surface area contributed by atoms with Gasteiger partial charge in [-0.3, -0.25) is 0 Å². The van der Waals surface area contributed by atoms with Gasteiger partial charge in [0.2, 0.25) is 11.2 Å². The summed E-state index contributed by atoms with van der Waals surface area (Å²) in [5, 5.41) is 17.7. The summed E-state index contributed by atoms with van der Waals surface area (Å²) in [6.07, 6.45) is 0.338. The zero-order valence-corrected chi connectivity index (χ0v) is 7.53. The molecular formula is C8H12O5. The molecule has 0 spiro atoms. The Labute approximate surface area is 75.3 Å². The molecule has 0 aromatic carbocycles. The first-order valence-corrected chi connectivity index (χ1v) is 4.14. The van der Waals surface area contributed by atoms with Gasteiger partial charge >= 0.3 is 11.9 Å². The lowest BCUT2D eigenvalue weighted by atomic mass is 9.88. The third kappa shape index (κ3) is 0.966. The molecule has 13 heavy (non-hydrogen) atoms. The fourth-order valence-corrected chi connectivity index (χ4v) is 1.72. The highest BCUT2D eigenvalue weighted by atomic mass is 16.7. The first kappa shape index (κ1) is 9.98. The second-order valence-corrected chi connectivity index (χ2v) is 3.07. The molecule has 1 aliphatic heterocycles. The summed E-state index contributed by atoms with van der Waals surface area (Å²) >= 11 is 0. The van der Waals surface area contributed by atoms with Crippen molar-refractivity contribution in [2.75, 3.05) is 0 Å². The lowest BCUT2D eigenvalue weighted by molar-refractivity contribution is -0.146. The van der Waals surface area contributed by atoms with Crippen molar-refractivity contribution in [2.24, 2.45) is 0 Å². The van der Waals surface area contributed by atoms with Crippen molar-refractivity contribution in [2.45, 2.75) is 37.9 Å². The van der Waals surface area contributed by atoms with Gasteiger partial charge in [-0.25, -0.2) is 9.59 Å². The normalized spacial score (nSPS) is 37.1. The molecule has 5 nitrogen and oxygen atoms in total. The minimum absolute atomic E-state index is 0.169. The molecule has 2 atom stereocenters. The van der Waals surface area contributed by atoms with Crippen LogP contribution in [0.3, 0.4) is 0 Å². The fraction of sp³-hybridized carbons (Fsp3) is 0.750. The molecule has 5 heteroatoms. The molecule has 1 heterocycles. The van der Waals surface area contributed by atoms with Crippen LogP contribution in [-0.4, -0.2) is 33.4 Å². The topological polar surface area (TPSA) is 87.1 Å². The molecule has 0 radical (unpaired) electrons. The van der Waals surface area contributed by atoms with E-state index in [-0.39, 0.29) is 12.8 Å². The molecule has 0 bridgehead atoms. The van der Waals surface area contributed by atoms with Gasteiger partial charge in [-0.15, -0.1) is 0 Å². The smallest absolute Gasteiger partial charge is 0.339 e. The molecule has 0 aromatic rings. The molecule has 1 saturated heterocycles. The number of carbonyl (C=O) groups is 2. The van der Waals surface area contributed by atoms with Crippen LogP contribution in [-0.2, 0) is 14.3 Å². The van der Waals surface area contributed by atoms with E-state index in [1.54, 1.807) is 13.8 Å². The van der Waals surface area contributed by atoms with Crippen LogP contribution < -0.4 is 0 Å². The van der Waals surface area contributed by atoms with Crippen molar-refractivity contribution in [3.8, 4) is 0 Å². The van der Waals surface area contributed by atoms with E-state index in [9.17, 15) is 9.59 Å². The van der Waals surface area contributed by atoms with E-state index in [0.29, 0.717) is 0 Å². The van der Waals surface area contributed by atoms with Gasteiger partial charge in [-0.05, 0) is 12.8 Å². The minimum Gasteiger partial charge on any atom is -0.479 e. The highest BCUT2D eigenvalue weighted by molar-refractivity contribution is 5.96. The molecule has 1 aliphatic rings. The molecule has 0 aliphatic carbocycles. The first-order valence-electron chi connectivity index (χ1n) is 4.14. The molecule has 1 rings (SSSR count). The molecule has 0 unspecified atom stereocenters. The maximum atomic E-state index is 10.8. The quantitative estimate of drug-likeness (QED) is 0.626. The Hall–Kier alpha value is -1.10. The van der Waals surface area contributed by atoms with Gasteiger partial charge in [0.25, 0.3) is 0 Å². The second kappa shape index (κ2) is 2.70. The Balaban J connectivity index is 2.99. The van der Waals surface area contributed by atoms with Crippen molar-refractivity contribution in [1.82, 2.24) is 0 Å². The number of carboxylic acids is 2. The van der Waals surface area contributed by atoms with Crippen LogP contribution in [0.1, 0.15) is 26.7 Å². The summed E-state index contributed by atoms with van der Waals surface area (Å²) in [6, 6.07) is 0. The second-order valence-electron chi connectivity index (χ2n) is 3.07. The zero-order valence-electron chi connectivity index (χ0n) is 7.53. The van der Waals surface area contributed by atoms with Gasteiger partial charge < -0.3 is 14.9 Å². The Kier molecular flexibility index (Phi) is 2.07. The van der Waals surface area contributed by atoms with Crippen LogP contribution in [0.4, 0.5) is 0 Å². The van der Waals surface area contributed by atoms with Crippen LogP contribution in [0.2, 0.25) is 0 Å². The minimum atomic E-state index is -1.51. The Morgan fingerprint density at radius 1 is 1.08 bits per heavy atom. The molecule has 0 aromatic heterocycles. The van der Waals surface area contributed by atoms with E-state index in [4.69, 9.17) is 14.9 Å². The van der Waals surface area contributed by atoms with E-state index in [0.717, 1.165) is 0 Å². The fourth-order valence-electron chi connectivity index (χ4n) is 1.72. The summed E-state index contributed by atoms with van der Waals surface area (Å²) in [6.45, 7) is 3.21. The average molecular weight is 188 g/mol. The maximum absolute atomic E-state index is 10.8. The van der Waals surface area contributed by atoms with Gasteiger partial charge in [0.1, 0.15) is 0 Å². The van der Waals surface area contributed by atoms with Crippen molar-refractivity contribution in [3.63, 3.8) is 0 Å². The van der Waals surface area contributed by atoms with E-state index in [1.165, 1.54) is 0 Å². The molecular weight excluding hydrogens is 176 g/mol. The number of aliphatic carboxylic acids is 2. The average Bonchev–Trinajstić information content (AvgIpc) is 2.75. The molecule has 74 valence electrons. The standard InChI is InChI=1S/C8H12O5/c1-3-7(5(9)10)8(4-2,13-7)6(11)12/h3-4H2,1-2H3,(H,9,10)(H,11,12)/t7-,8-/m1/s1. The Bertz CT molecular complexity index is 235. The van der Waals surface area contributed by atoms with Crippen molar-refractivity contribution >= 4 is 11.9 Å². The van der Waals surface area contributed by atoms with Gasteiger partial charge in [0.05, 0.1) is 0 Å². The number of ether oxygens (including phenoxy) is 1. The number of epoxide rings is 1. The van der Waals surface area contributed by atoms with Gasteiger partial charge in [0, 0.05) is 0 Å². The van der Waals surface area contributed by atoms with Gasteiger partial charge in [0.15, 0.2) is 0 Å². The number of hydrogen-bond acceptors (Lipinski definition) is 3. The molecule has 0 saturated carbocycles. The predicted molar refractivity (Wildman–Crippen MR) is 42.4 cm³/mol.